The molecule has 1 aromatic heterocycles. The number of hydrogen-bond donors (Lipinski definition) is 3. The minimum atomic E-state index is -0.0152. The van der Waals surface area contributed by atoms with E-state index in [-0.39, 0.29) is 6.10 Å². The summed E-state index contributed by atoms with van der Waals surface area (Å²) in [5, 5.41) is 3.23. The van der Waals surface area contributed by atoms with Crippen LogP contribution in [0.2, 0.25) is 0 Å². The van der Waals surface area contributed by atoms with Gasteiger partial charge in [-0.1, -0.05) is 0 Å². The molecule has 0 aromatic carbocycles. The van der Waals surface area contributed by atoms with E-state index >= 15 is 0 Å². The standard InChI is InChI=1S/C12H21N5O2/c1-18-7-9(19-2)6-14-10-5-11(17-13)16-12(15-10)8-3-4-8/h5,8-9H,3-4,6-7,13H2,1-2H3,(H2,14,15,16,17). The molecule has 106 valence electrons. The quantitative estimate of drug-likeness (QED) is 0.471. The van der Waals surface area contributed by atoms with Crippen molar-refractivity contribution in [1.29, 1.82) is 0 Å². The minimum Gasteiger partial charge on any atom is -0.382 e. The Morgan fingerprint density at radius 3 is 2.68 bits per heavy atom. The van der Waals surface area contributed by atoms with E-state index in [1.165, 1.54) is 0 Å². The van der Waals surface area contributed by atoms with Crippen molar-refractivity contribution in [3.05, 3.63) is 11.9 Å². The molecule has 0 bridgehead atoms. The highest BCUT2D eigenvalue weighted by molar-refractivity contribution is 5.47. The van der Waals surface area contributed by atoms with Gasteiger partial charge in [-0.3, -0.25) is 0 Å². The SMILES string of the molecule is COCC(CNc1cc(NN)nc(C2CC2)n1)OC. The third-order valence-corrected chi connectivity index (χ3v) is 3.03. The monoisotopic (exact) mass is 267 g/mol. The number of rotatable bonds is 8. The summed E-state index contributed by atoms with van der Waals surface area (Å²) in [7, 11) is 3.31. The Balaban J connectivity index is 2.00. The molecule has 1 unspecified atom stereocenters. The summed E-state index contributed by atoms with van der Waals surface area (Å²) in [5.74, 6) is 8.13. The predicted octanol–water partition coefficient (Wildman–Crippen LogP) is 0.713. The first-order chi connectivity index (χ1) is 9.26. The molecule has 19 heavy (non-hydrogen) atoms. The van der Waals surface area contributed by atoms with Gasteiger partial charge in [0.1, 0.15) is 17.5 Å². The lowest BCUT2D eigenvalue weighted by Crippen LogP contribution is -2.27. The predicted molar refractivity (Wildman–Crippen MR) is 73.0 cm³/mol. The Bertz CT molecular complexity index is 411. The van der Waals surface area contributed by atoms with Crippen LogP contribution in [0.1, 0.15) is 24.6 Å². The lowest BCUT2D eigenvalue weighted by molar-refractivity contribution is 0.0365. The van der Waals surface area contributed by atoms with Crippen molar-refractivity contribution in [3.8, 4) is 0 Å². The van der Waals surface area contributed by atoms with Crippen LogP contribution >= 0.6 is 0 Å². The summed E-state index contributed by atoms with van der Waals surface area (Å²) >= 11 is 0. The number of aromatic nitrogens is 2. The molecule has 0 amide bonds. The van der Waals surface area contributed by atoms with Crippen LogP contribution in [0.3, 0.4) is 0 Å². The molecule has 0 spiro atoms. The third-order valence-electron chi connectivity index (χ3n) is 3.03. The van der Waals surface area contributed by atoms with Crippen LogP contribution < -0.4 is 16.6 Å². The highest BCUT2D eigenvalue weighted by atomic mass is 16.5. The molecular formula is C12H21N5O2. The van der Waals surface area contributed by atoms with Gasteiger partial charge in [0.2, 0.25) is 0 Å². The number of hydrazine groups is 1. The molecule has 1 aliphatic rings. The van der Waals surface area contributed by atoms with Gasteiger partial charge in [0, 0.05) is 32.7 Å². The zero-order valence-corrected chi connectivity index (χ0v) is 11.3. The Morgan fingerprint density at radius 1 is 1.37 bits per heavy atom. The molecule has 1 atom stereocenters. The maximum Gasteiger partial charge on any atom is 0.145 e. The third kappa shape index (κ3) is 4.02. The number of anilines is 2. The van der Waals surface area contributed by atoms with Gasteiger partial charge in [0.05, 0.1) is 12.7 Å². The van der Waals surface area contributed by atoms with Crippen LogP contribution in [0.15, 0.2) is 6.07 Å². The van der Waals surface area contributed by atoms with Gasteiger partial charge >= 0.3 is 0 Å². The number of hydrogen-bond acceptors (Lipinski definition) is 7. The molecular weight excluding hydrogens is 246 g/mol. The van der Waals surface area contributed by atoms with E-state index in [0.29, 0.717) is 24.9 Å². The highest BCUT2D eigenvalue weighted by Gasteiger charge is 2.27. The van der Waals surface area contributed by atoms with Gasteiger partial charge in [-0.05, 0) is 12.8 Å². The van der Waals surface area contributed by atoms with E-state index < -0.39 is 0 Å². The zero-order chi connectivity index (χ0) is 13.7. The molecule has 7 heteroatoms. The summed E-state index contributed by atoms with van der Waals surface area (Å²) in [6.45, 7) is 1.15. The molecule has 1 fully saturated rings. The first kappa shape index (κ1) is 14.0. The molecule has 2 rings (SSSR count). The van der Waals surface area contributed by atoms with Crippen molar-refractivity contribution in [2.75, 3.05) is 38.1 Å². The molecule has 1 aromatic rings. The smallest absolute Gasteiger partial charge is 0.145 e. The normalized spacial score (nSPS) is 16.2. The molecule has 1 aliphatic carbocycles. The Kier molecular flexibility index (Phi) is 4.89. The van der Waals surface area contributed by atoms with Crippen molar-refractivity contribution >= 4 is 11.6 Å². The molecule has 7 nitrogen and oxygen atoms in total. The van der Waals surface area contributed by atoms with Crippen LogP contribution in [-0.2, 0) is 9.47 Å². The van der Waals surface area contributed by atoms with E-state index in [9.17, 15) is 0 Å². The van der Waals surface area contributed by atoms with Gasteiger partial charge < -0.3 is 20.2 Å². The average molecular weight is 267 g/mol. The Hall–Kier alpha value is -1.44. The van der Waals surface area contributed by atoms with Crippen molar-refractivity contribution in [3.63, 3.8) is 0 Å². The number of nitrogens with zero attached hydrogens (tertiary/aromatic N) is 2. The van der Waals surface area contributed by atoms with E-state index in [0.717, 1.165) is 24.5 Å². The minimum absolute atomic E-state index is 0.0152. The van der Waals surface area contributed by atoms with Crippen molar-refractivity contribution in [2.24, 2.45) is 5.84 Å². The summed E-state index contributed by atoms with van der Waals surface area (Å²) in [5.41, 5.74) is 2.57. The number of nitrogens with one attached hydrogen (secondary N) is 2. The average Bonchev–Trinajstić information content (AvgIpc) is 3.27. The van der Waals surface area contributed by atoms with Gasteiger partial charge in [-0.25, -0.2) is 15.8 Å². The van der Waals surface area contributed by atoms with E-state index in [2.05, 4.69) is 20.7 Å². The second kappa shape index (κ2) is 6.65. The van der Waals surface area contributed by atoms with E-state index in [1.54, 1.807) is 20.3 Å². The number of methoxy groups -OCH3 is 2. The summed E-state index contributed by atoms with van der Waals surface area (Å²) in [6, 6.07) is 1.78. The van der Waals surface area contributed by atoms with Gasteiger partial charge in [-0.15, -0.1) is 0 Å². The number of nitrogens with two attached hydrogens (primary N) is 1. The molecule has 0 saturated heterocycles. The first-order valence-electron chi connectivity index (χ1n) is 6.38. The first-order valence-corrected chi connectivity index (χ1v) is 6.38. The summed E-state index contributed by atoms with van der Waals surface area (Å²) in [4.78, 5) is 8.85. The highest BCUT2D eigenvalue weighted by Crippen LogP contribution is 2.38. The van der Waals surface area contributed by atoms with E-state index in [1.807, 2.05) is 0 Å². The van der Waals surface area contributed by atoms with Crippen LogP contribution in [0.25, 0.3) is 0 Å². The fourth-order valence-corrected chi connectivity index (χ4v) is 1.77. The lowest BCUT2D eigenvalue weighted by Gasteiger charge is -2.16. The van der Waals surface area contributed by atoms with Gasteiger partial charge in [0.25, 0.3) is 0 Å². The fraction of sp³-hybridized carbons (Fsp3) is 0.667. The van der Waals surface area contributed by atoms with Crippen LogP contribution in [0, 0.1) is 0 Å². The van der Waals surface area contributed by atoms with Crippen LogP contribution in [-0.4, -0.2) is 43.4 Å². The second-order valence-electron chi connectivity index (χ2n) is 4.61. The Labute approximate surface area is 112 Å². The van der Waals surface area contributed by atoms with E-state index in [4.69, 9.17) is 15.3 Å². The van der Waals surface area contributed by atoms with Crippen molar-refractivity contribution in [2.45, 2.75) is 24.9 Å². The summed E-state index contributed by atoms with van der Waals surface area (Å²) < 4.78 is 10.4. The maximum absolute atomic E-state index is 5.43. The van der Waals surface area contributed by atoms with Crippen molar-refractivity contribution in [1.82, 2.24) is 9.97 Å². The van der Waals surface area contributed by atoms with Crippen molar-refractivity contribution < 1.29 is 9.47 Å². The van der Waals surface area contributed by atoms with Crippen LogP contribution in [0.5, 0.6) is 0 Å². The van der Waals surface area contributed by atoms with Gasteiger partial charge in [0.15, 0.2) is 0 Å². The lowest BCUT2D eigenvalue weighted by atomic mass is 10.3. The van der Waals surface area contributed by atoms with Gasteiger partial charge in [-0.2, -0.15) is 0 Å². The topological polar surface area (TPSA) is 94.3 Å². The zero-order valence-electron chi connectivity index (χ0n) is 11.3. The second-order valence-corrected chi connectivity index (χ2v) is 4.61. The molecule has 0 aliphatic heterocycles. The fourth-order valence-electron chi connectivity index (χ4n) is 1.77. The largest absolute Gasteiger partial charge is 0.382 e. The number of nitrogen functional groups attached to an aromatic ring is 1. The van der Waals surface area contributed by atoms with Crippen LogP contribution in [0.4, 0.5) is 11.6 Å². The summed E-state index contributed by atoms with van der Waals surface area (Å²) in [6.07, 6.45) is 2.29. The number of ether oxygens (including phenoxy) is 2. The maximum atomic E-state index is 5.43. The Morgan fingerprint density at radius 2 is 2.11 bits per heavy atom. The molecule has 1 saturated carbocycles. The molecule has 1 heterocycles. The molecule has 0 radical (unpaired) electrons. The molecule has 4 N–H and O–H groups in total.